The third-order valence-corrected chi connectivity index (χ3v) is 3.10. The zero-order valence-corrected chi connectivity index (χ0v) is 13.5. The van der Waals surface area contributed by atoms with Gasteiger partial charge in [0.1, 0.15) is 16.8 Å². The molecular formula is C14H9Cl4NO2. The summed E-state index contributed by atoms with van der Waals surface area (Å²) in [6.45, 7) is 0.193. The molecule has 0 aliphatic rings. The minimum atomic E-state index is 0.125. The number of hydrogen-bond acceptors (Lipinski definition) is 3. The van der Waals surface area contributed by atoms with Crippen molar-refractivity contribution in [2.75, 3.05) is 6.61 Å². The Balaban J connectivity index is 2.06. The van der Waals surface area contributed by atoms with Gasteiger partial charge in [0, 0.05) is 11.1 Å². The van der Waals surface area contributed by atoms with Crippen LogP contribution >= 0.6 is 46.4 Å². The SMILES string of the molecule is ClC(Cl)=CCOc1ccc(Oc2cccc(Cl)c2)nc1Cl. The number of rotatable bonds is 5. The molecule has 0 saturated carbocycles. The molecule has 0 amide bonds. The van der Waals surface area contributed by atoms with Gasteiger partial charge >= 0.3 is 0 Å². The lowest BCUT2D eigenvalue weighted by Gasteiger charge is -2.08. The fourth-order valence-electron chi connectivity index (χ4n) is 1.42. The van der Waals surface area contributed by atoms with E-state index >= 15 is 0 Å². The van der Waals surface area contributed by atoms with Crippen LogP contribution in [0.4, 0.5) is 0 Å². The fourth-order valence-corrected chi connectivity index (χ4v) is 1.92. The first kappa shape index (κ1) is 16.2. The molecule has 3 nitrogen and oxygen atoms in total. The van der Waals surface area contributed by atoms with E-state index in [-0.39, 0.29) is 16.3 Å². The summed E-state index contributed by atoms with van der Waals surface area (Å²) < 4.78 is 11.0. The molecule has 0 aliphatic heterocycles. The fraction of sp³-hybridized carbons (Fsp3) is 0.0714. The minimum absolute atomic E-state index is 0.125. The number of nitrogens with zero attached hydrogens (tertiary/aromatic N) is 1. The van der Waals surface area contributed by atoms with E-state index < -0.39 is 0 Å². The second-order valence-electron chi connectivity index (χ2n) is 3.80. The molecule has 7 heteroatoms. The molecule has 1 aromatic heterocycles. The highest BCUT2D eigenvalue weighted by Crippen LogP contribution is 2.28. The third-order valence-electron chi connectivity index (χ3n) is 2.28. The van der Waals surface area contributed by atoms with Crippen LogP contribution in [0.2, 0.25) is 10.2 Å². The van der Waals surface area contributed by atoms with Crippen LogP contribution in [0.15, 0.2) is 47.0 Å². The summed E-state index contributed by atoms with van der Waals surface area (Å²) in [5.74, 6) is 1.30. The molecule has 2 aromatic rings. The molecule has 1 aromatic carbocycles. The van der Waals surface area contributed by atoms with Gasteiger partial charge in [0.25, 0.3) is 0 Å². The predicted molar refractivity (Wildman–Crippen MR) is 86.1 cm³/mol. The van der Waals surface area contributed by atoms with Crippen LogP contribution in [0, 0.1) is 0 Å². The summed E-state index contributed by atoms with van der Waals surface area (Å²) in [6.07, 6.45) is 1.50. The first-order chi connectivity index (χ1) is 10.0. The van der Waals surface area contributed by atoms with Crippen LogP contribution in [0.3, 0.4) is 0 Å². The molecule has 0 aliphatic carbocycles. The Bertz CT molecular complexity index is 657. The highest BCUT2D eigenvalue weighted by Gasteiger charge is 2.06. The number of benzene rings is 1. The lowest BCUT2D eigenvalue weighted by Crippen LogP contribution is -1.96. The van der Waals surface area contributed by atoms with Crippen LogP contribution in [0.1, 0.15) is 0 Å². The summed E-state index contributed by atoms with van der Waals surface area (Å²) in [7, 11) is 0. The molecule has 0 N–H and O–H groups in total. The van der Waals surface area contributed by atoms with Gasteiger partial charge in [-0.25, -0.2) is 0 Å². The van der Waals surface area contributed by atoms with E-state index in [1.165, 1.54) is 6.08 Å². The van der Waals surface area contributed by atoms with Crippen molar-refractivity contribution in [2.24, 2.45) is 0 Å². The molecule has 0 atom stereocenters. The Labute approximate surface area is 142 Å². The summed E-state index contributed by atoms with van der Waals surface area (Å²) in [6, 6.07) is 10.2. The number of hydrogen-bond donors (Lipinski definition) is 0. The maximum atomic E-state index is 6.01. The molecule has 0 unspecified atom stereocenters. The van der Waals surface area contributed by atoms with Crippen molar-refractivity contribution >= 4 is 46.4 Å². The highest BCUT2D eigenvalue weighted by atomic mass is 35.5. The predicted octanol–water partition coefficient (Wildman–Crippen LogP) is 5.88. The summed E-state index contributed by atoms with van der Waals surface area (Å²) in [5.41, 5.74) is 0. The number of pyridine rings is 1. The van der Waals surface area contributed by atoms with Crippen LogP contribution in [-0.2, 0) is 0 Å². The van der Waals surface area contributed by atoms with Gasteiger partial charge in [0.2, 0.25) is 5.88 Å². The zero-order valence-electron chi connectivity index (χ0n) is 10.5. The topological polar surface area (TPSA) is 31.4 Å². The van der Waals surface area contributed by atoms with Crippen LogP contribution < -0.4 is 9.47 Å². The molecule has 0 bridgehead atoms. The quantitative estimate of drug-likeness (QED) is 0.621. The Morgan fingerprint density at radius 3 is 2.62 bits per heavy atom. The standard InChI is InChI=1S/C14H9Cl4NO2/c15-9-2-1-3-10(8-9)21-13-5-4-11(14(18)19-13)20-7-6-12(16)17/h1-6,8H,7H2. The van der Waals surface area contributed by atoms with Crippen molar-refractivity contribution in [3.63, 3.8) is 0 Å². The third kappa shape index (κ3) is 5.29. The summed E-state index contributed by atoms with van der Waals surface area (Å²) in [4.78, 5) is 4.08. The monoisotopic (exact) mass is 363 g/mol. The van der Waals surface area contributed by atoms with Crippen molar-refractivity contribution < 1.29 is 9.47 Å². The average molecular weight is 365 g/mol. The summed E-state index contributed by atoms with van der Waals surface area (Å²) in [5, 5.41) is 0.747. The Hall–Kier alpha value is -1.13. The van der Waals surface area contributed by atoms with Crippen LogP contribution in [0.5, 0.6) is 17.4 Å². The van der Waals surface area contributed by atoms with Gasteiger partial charge in [-0.15, -0.1) is 0 Å². The van der Waals surface area contributed by atoms with Gasteiger partial charge in [0.05, 0.1) is 0 Å². The Morgan fingerprint density at radius 1 is 1.14 bits per heavy atom. The van der Waals surface area contributed by atoms with Crippen LogP contribution in [0.25, 0.3) is 0 Å². The van der Waals surface area contributed by atoms with Crippen molar-refractivity contribution in [2.45, 2.75) is 0 Å². The molecule has 0 spiro atoms. The van der Waals surface area contributed by atoms with Crippen molar-refractivity contribution in [3.8, 4) is 17.4 Å². The lowest BCUT2D eigenvalue weighted by atomic mass is 10.3. The Kier molecular flexibility index (Phi) is 6.00. The first-order valence-corrected chi connectivity index (χ1v) is 7.30. The van der Waals surface area contributed by atoms with Gasteiger partial charge in [-0.1, -0.05) is 52.5 Å². The normalized spacial score (nSPS) is 10.1. The molecule has 0 radical (unpaired) electrons. The minimum Gasteiger partial charge on any atom is -0.486 e. The van der Waals surface area contributed by atoms with E-state index in [1.54, 1.807) is 36.4 Å². The van der Waals surface area contributed by atoms with Crippen molar-refractivity contribution in [3.05, 3.63) is 57.1 Å². The average Bonchev–Trinajstić information content (AvgIpc) is 2.41. The molecule has 21 heavy (non-hydrogen) atoms. The molecule has 1 heterocycles. The molecule has 110 valence electrons. The highest BCUT2D eigenvalue weighted by molar-refractivity contribution is 6.55. The number of aromatic nitrogens is 1. The van der Waals surface area contributed by atoms with E-state index in [9.17, 15) is 0 Å². The molecular weight excluding hydrogens is 356 g/mol. The largest absolute Gasteiger partial charge is 0.486 e. The van der Waals surface area contributed by atoms with E-state index in [1.807, 2.05) is 0 Å². The smallest absolute Gasteiger partial charge is 0.220 e. The molecule has 2 rings (SSSR count). The summed E-state index contributed by atoms with van der Waals surface area (Å²) >= 11 is 22.8. The van der Waals surface area contributed by atoms with Crippen molar-refractivity contribution in [1.29, 1.82) is 0 Å². The van der Waals surface area contributed by atoms with Crippen LogP contribution in [-0.4, -0.2) is 11.6 Å². The molecule has 0 fully saturated rings. The van der Waals surface area contributed by atoms with Gasteiger partial charge in [-0.05, 0) is 30.3 Å². The Morgan fingerprint density at radius 2 is 1.95 bits per heavy atom. The zero-order chi connectivity index (χ0) is 15.2. The maximum absolute atomic E-state index is 6.01. The van der Waals surface area contributed by atoms with E-state index in [2.05, 4.69) is 4.98 Å². The van der Waals surface area contributed by atoms with E-state index in [0.717, 1.165) is 0 Å². The van der Waals surface area contributed by atoms with Gasteiger partial charge in [-0.3, -0.25) is 0 Å². The second-order valence-corrected chi connectivity index (χ2v) is 5.60. The van der Waals surface area contributed by atoms with E-state index in [4.69, 9.17) is 55.9 Å². The molecule has 0 saturated heterocycles. The van der Waals surface area contributed by atoms with Crippen molar-refractivity contribution in [1.82, 2.24) is 4.98 Å². The van der Waals surface area contributed by atoms with Gasteiger partial charge in [0.15, 0.2) is 10.9 Å². The maximum Gasteiger partial charge on any atom is 0.220 e. The van der Waals surface area contributed by atoms with Gasteiger partial charge in [-0.2, -0.15) is 4.98 Å². The lowest BCUT2D eigenvalue weighted by molar-refractivity contribution is 0.359. The van der Waals surface area contributed by atoms with E-state index in [0.29, 0.717) is 22.4 Å². The second kappa shape index (κ2) is 7.76. The number of halogens is 4. The number of ether oxygens (including phenoxy) is 2. The first-order valence-electron chi connectivity index (χ1n) is 5.78. The van der Waals surface area contributed by atoms with Gasteiger partial charge < -0.3 is 9.47 Å².